The van der Waals surface area contributed by atoms with Crippen LogP contribution in [0.1, 0.15) is 5.56 Å². The van der Waals surface area contributed by atoms with E-state index in [4.69, 9.17) is 4.74 Å². The third-order valence-electron chi connectivity index (χ3n) is 4.82. The highest BCUT2D eigenvalue weighted by molar-refractivity contribution is 7.86. The summed E-state index contributed by atoms with van der Waals surface area (Å²) in [6.07, 6.45) is -0.398. The molecule has 0 saturated carbocycles. The van der Waals surface area contributed by atoms with Gasteiger partial charge in [0.2, 0.25) is 0 Å². The van der Waals surface area contributed by atoms with E-state index >= 15 is 0 Å². The van der Waals surface area contributed by atoms with Crippen molar-refractivity contribution >= 4 is 16.3 Å². The summed E-state index contributed by atoms with van der Waals surface area (Å²) in [6, 6.07) is 9.49. The van der Waals surface area contributed by atoms with Gasteiger partial charge in [-0.25, -0.2) is 4.79 Å². The molecule has 3 rings (SSSR count). The summed E-state index contributed by atoms with van der Waals surface area (Å²) in [5.74, 6) is 0. The van der Waals surface area contributed by atoms with Crippen molar-refractivity contribution in [2.75, 3.05) is 59.4 Å². The predicted molar refractivity (Wildman–Crippen MR) is 97.8 cm³/mol. The number of ether oxygens (including phenoxy) is 1. The molecule has 0 radical (unpaired) electrons. The van der Waals surface area contributed by atoms with E-state index in [1.54, 1.807) is 4.90 Å². The molecular weight excluding hydrogens is 356 g/mol. The van der Waals surface area contributed by atoms with E-state index in [0.29, 0.717) is 39.3 Å². The van der Waals surface area contributed by atoms with Gasteiger partial charge in [0.15, 0.2) is 0 Å². The number of piperazine rings is 2. The molecule has 0 unspecified atom stereocenters. The van der Waals surface area contributed by atoms with Crippen LogP contribution >= 0.6 is 0 Å². The Morgan fingerprint density at radius 3 is 2.04 bits per heavy atom. The molecule has 0 aromatic heterocycles. The number of rotatable bonds is 4. The van der Waals surface area contributed by atoms with E-state index in [1.165, 1.54) is 8.61 Å². The molecule has 2 aliphatic heterocycles. The number of benzene rings is 1. The lowest BCUT2D eigenvalue weighted by atomic mass is 10.2. The number of amides is 1. The Balaban J connectivity index is 1.48. The van der Waals surface area contributed by atoms with Crippen molar-refractivity contribution in [3.8, 4) is 0 Å². The summed E-state index contributed by atoms with van der Waals surface area (Å²) in [5, 5.41) is 0. The molecule has 1 aromatic rings. The first-order valence-corrected chi connectivity index (χ1v) is 10.3. The second kappa shape index (κ2) is 8.34. The van der Waals surface area contributed by atoms with Crippen LogP contribution in [0, 0.1) is 0 Å². The van der Waals surface area contributed by atoms with Gasteiger partial charge >= 0.3 is 6.09 Å². The van der Waals surface area contributed by atoms with Crippen LogP contribution in [0.5, 0.6) is 0 Å². The van der Waals surface area contributed by atoms with Crippen LogP contribution in [0.2, 0.25) is 0 Å². The average molecular weight is 382 g/mol. The Labute approximate surface area is 155 Å². The molecule has 0 atom stereocenters. The van der Waals surface area contributed by atoms with Gasteiger partial charge in [0.05, 0.1) is 0 Å². The van der Waals surface area contributed by atoms with Gasteiger partial charge in [-0.1, -0.05) is 30.3 Å². The Bertz CT molecular complexity index is 697. The molecule has 0 bridgehead atoms. The van der Waals surface area contributed by atoms with Gasteiger partial charge in [-0.2, -0.15) is 17.0 Å². The Hall–Kier alpha value is -1.68. The monoisotopic (exact) mass is 382 g/mol. The fraction of sp³-hybridized carbons (Fsp3) is 0.588. The van der Waals surface area contributed by atoms with E-state index in [1.807, 2.05) is 37.4 Å². The van der Waals surface area contributed by atoms with Gasteiger partial charge in [0, 0.05) is 52.4 Å². The predicted octanol–water partition coefficient (Wildman–Crippen LogP) is 0.433. The van der Waals surface area contributed by atoms with E-state index in [9.17, 15) is 13.2 Å². The topological polar surface area (TPSA) is 73.4 Å². The lowest BCUT2D eigenvalue weighted by Gasteiger charge is -2.38. The first-order chi connectivity index (χ1) is 12.5. The molecular formula is C17H26N4O4S. The van der Waals surface area contributed by atoms with E-state index in [2.05, 4.69) is 4.90 Å². The summed E-state index contributed by atoms with van der Waals surface area (Å²) in [4.78, 5) is 15.9. The van der Waals surface area contributed by atoms with Crippen LogP contribution in [0.3, 0.4) is 0 Å². The summed E-state index contributed by atoms with van der Waals surface area (Å²) in [6.45, 7) is 4.03. The fourth-order valence-electron chi connectivity index (χ4n) is 3.09. The first kappa shape index (κ1) is 19.1. The zero-order valence-electron chi connectivity index (χ0n) is 15.1. The van der Waals surface area contributed by atoms with Crippen LogP contribution in [0.25, 0.3) is 0 Å². The maximum absolute atomic E-state index is 12.7. The molecule has 144 valence electrons. The molecule has 1 amide bonds. The van der Waals surface area contributed by atoms with Crippen molar-refractivity contribution in [3.63, 3.8) is 0 Å². The Morgan fingerprint density at radius 1 is 0.923 bits per heavy atom. The van der Waals surface area contributed by atoms with Crippen LogP contribution in [-0.2, 0) is 21.6 Å². The van der Waals surface area contributed by atoms with Crippen LogP contribution in [-0.4, -0.2) is 92.3 Å². The summed E-state index contributed by atoms with van der Waals surface area (Å²) >= 11 is 0. The minimum atomic E-state index is -3.45. The van der Waals surface area contributed by atoms with Crippen molar-refractivity contribution < 1.29 is 17.9 Å². The minimum Gasteiger partial charge on any atom is -0.445 e. The van der Waals surface area contributed by atoms with Crippen LogP contribution < -0.4 is 0 Å². The second-order valence-electron chi connectivity index (χ2n) is 6.64. The van der Waals surface area contributed by atoms with Gasteiger partial charge in [0.25, 0.3) is 10.2 Å². The largest absolute Gasteiger partial charge is 0.445 e. The van der Waals surface area contributed by atoms with Crippen LogP contribution in [0.4, 0.5) is 4.79 Å². The highest BCUT2D eigenvalue weighted by Crippen LogP contribution is 2.15. The van der Waals surface area contributed by atoms with Gasteiger partial charge in [-0.3, -0.25) is 0 Å². The summed E-state index contributed by atoms with van der Waals surface area (Å²) in [7, 11) is -1.46. The molecule has 2 heterocycles. The molecule has 9 heteroatoms. The van der Waals surface area contributed by atoms with Gasteiger partial charge in [-0.15, -0.1) is 0 Å². The molecule has 2 fully saturated rings. The molecule has 0 spiro atoms. The van der Waals surface area contributed by atoms with Crippen molar-refractivity contribution in [1.82, 2.24) is 18.4 Å². The van der Waals surface area contributed by atoms with Crippen LogP contribution in [0.15, 0.2) is 30.3 Å². The van der Waals surface area contributed by atoms with Crippen molar-refractivity contribution in [3.05, 3.63) is 35.9 Å². The van der Waals surface area contributed by atoms with Crippen molar-refractivity contribution in [1.29, 1.82) is 0 Å². The van der Waals surface area contributed by atoms with E-state index < -0.39 is 16.3 Å². The minimum absolute atomic E-state index is 0.222. The maximum atomic E-state index is 12.7. The molecule has 2 aliphatic rings. The van der Waals surface area contributed by atoms with Gasteiger partial charge < -0.3 is 14.5 Å². The molecule has 0 N–H and O–H groups in total. The molecule has 0 aliphatic carbocycles. The van der Waals surface area contributed by atoms with Crippen molar-refractivity contribution in [2.45, 2.75) is 6.61 Å². The molecule has 1 aromatic carbocycles. The first-order valence-electron chi connectivity index (χ1n) is 8.86. The van der Waals surface area contributed by atoms with Crippen molar-refractivity contribution in [2.24, 2.45) is 0 Å². The zero-order chi connectivity index (χ0) is 18.6. The Morgan fingerprint density at radius 2 is 1.46 bits per heavy atom. The van der Waals surface area contributed by atoms with Gasteiger partial charge in [0.1, 0.15) is 6.61 Å². The second-order valence-corrected chi connectivity index (χ2v) is 8.56. The van der Waals surface area contributed by atoms with E-state index in [0.717, 1.165) is 18.7 Å². The quantitative estimate of drug-likeness (QED) is 0.755. The smallest absolute Gasteiger partial charge is 0.410 e. The molecule has 8 nitrogen and oxygen atoms in total. The number of carbonyl (C=O) groups is 1. The molecule has 26 heavy (non-hydrogen) atoms. The fourth-order valence-corrected chi connectivity index (χ4v) is 4.67. The standard InChI is InChI=1S/C17H26N4O4S/c1-18-7-11-20(12-8-18)26(23,24)21-13-9-19(10-14-21)17(22)25-15-16-5-3-2-4-6-16/h2-6H,7-15H2,1H3. The summed E-state index contributed by atoms with van der Waals surface area (Å²) < 4.78 is 33.8. The number of hydrogen-bond acceptors (Lipinski definition) is 5. The zero-order valence-corrected chi connectivity index (χ0v) is 15.9. The number of hydrogen-bond donors (Lipinski definition) is 0. The number of carbonyl (C=O) groups excluding carboxylic acids is 1. The molecule has 2 saturated heterocycles. The maximum Gasteiger partial charge on any atom is 0.410 e. The lowest BCUT2D eigenvalue weighted by Crippen LogP contribution is -2.57. The normalized spacial score (nSPS) is 20.9. The third-order valence-corrected chi connectivity index (χ3v) is 6.85. The lowest BCUT2D eigenvalue weighted by molar-refractivity contribution is 0.0825. The van der Waals surface area contributed by atoms with E-state index in [-0.39, 0.29) is 6.61 Å². The SMILES string of the molecule is CN1CCN(S(=O)(=O)N2CCN(C(=O)OCc3ccccc3)CC2)CC1. The summed E-state index contributed by atoms with van der Waals surface area (Å²) in [5.41, 5.74) is 0.928. The number of likely N-dealkylation sites (N-methyl/N-ethyl adjacent to an activating group) is 1. The third kappa shape index (κ3) is 4.53. The number of nitrogens with zero attached hydrogens (tertiary/aromatic N) is 4. The van der Waals surface area contributed by atoms with Gasteiger partial charge in [-0.05, 0) is 12.6 Å². The Kier molecular flexibility index (Phi) is 6.13. The average Bonchev–Trinajstić information content (AvgIpc) is 2.67. The highest BCUT2D eigenvalue weighted by atomic mass is 32.2. The highest BCUT2D eigenvalue weighted by Gasteiger charge is 2.34.